The molecule has 0 atom stereocenters. The van der Waals surface area contributed by atoms with Crippen LogP contribution in [0.3, 0.4) is 0 Å². The standard InChI is InChI=1S/C12H16FNO2S/c13-12-9-11(15)2-1-10(12)3-8-17-14-4-6-16-7-5-14/h1-2,9,15H,3-8H2. The first kappa shape index (κ1) is 12.7. The number of phenols is 1. The summed E-state index contributed by atoms with van der Waals surface area (Å²) < 4.78 is 20.9. The first-order valence-electron chi connectivity index (χ1n) is 5.69. The molecule has 0 aromatic heterocycles. The molecule has 1 N–H and O–H groups in total. The molecule has 0 amide bonds. The normalized spacial score (nSPS) is 17.2. The van der Waals surface area contributed by atoms with E-state index >= 15 is 0 Å². The second kappa shape index (κ2) is 6.23. The van der Waals surface area contributed by atoms with E-state index in [4.69, 9.17) is 9.84 Å². The Morgan fingerprint density at radius 1 is 1.35 bits per heavy atom. The number of halogens is 1. The Hall–Kier alpha value is -0.780. The van der Waals surface area contributed by atoms with Crippen molar-refractivity contribution in [1.29, 1.82) is 0 Å². The molecule has 0 aliphatic carbocycles. The van der Waals surface area contributed by atoms with E-state index in [0.29, 0.717) is 12.0 Å². The van der Waals surface area contributed by atoms with Gasteiger partial charge in [0.25, 0.3) is 0 Å². The van der Waals surface area contributed by atoms with Crippen LogP contribution in [-0.2, 0) is 11.2 Å². The molecular formula is C12H16FNO2S. The molecule has 1 aromatic carbocycles. The zero-order valence-corrected chi connectivity index (χ0v) is 10.4. The molecule has 1 saturated heterocycles. The second-order valence-corrected chi connectivity index (χ2v) is 5.08. The highest BCUT2D eigenvalue weighted by atomic mass is 32.2. The van der Waals surface area contributed by atoms with Gasteiger partial charge in [0.15, 0.2) is 0 Å². The zero-order valence-electron chi connectivity index (χ0n) is 9.56. The quantitative estimate of drug-likeness (QED) is 0.837. The van der Waals surface area contributed by atoms with Crippen molar-refractivity contribution >= 4 is 11.9 Å². The molecule has 0 bridgehead atoms. The lowest BCUT2D eigenvalue weighted by Crippen LogP contribution is -2.31. The predicted octanol–water partition coefficient (Wildman–Crippen LogP) is 2.05. The summed E-state index contributed by atoms with van der Waals surface area (Å²) in [6.07, 6.45) is 0.675. The fourth-order valence-electron chi connectivity index (χ4n) is 1.70. The van der Waals surface area contributed by atoms with Crippen LogP contribution in [0.15, 0.2) is 18.2 Å². The Labute approximate surface area is 105 Å². The van der Waals surface area contributed by atoms with Crippen LogP contribution in [0, 0.1) is 5.82 Å². The number of nitrogens with zero attached hydrogens (tertiary/aromatic N) is 1. The third kappa shape index (κ3) is 3.87. The number of aromatic hydroxyl groups is 1. The van der Waals surface area contributed by atoms with Crippen LogP contribution >= 0.6 is 11.9 Å². The van der Waals surface area contributed by atoms with Crippen LogP contribution in [0.25, 0.3) is 0 Å². The summed E-state index contributed by atoms with van der Waals surface area (Å²) in [5.41, 5.74) is 0.656. The Balaban J connectivity index is 1.77. The number of morpholine rings is 1. The maximum atomic E-state index is 13.4. The molecular weight excluding hydrogens is 241 g/mol. The molecule has 3 nitrogen and oxygen atoms in total. The third-order valence-corrected chi connectivity index (χ3v) is 3.77. The van der Waals surface area contributed by atoms with E-state index in [1.54, 1.807) is 18.0 Å². The maximum Gasteiger partial charge on any atom is 0.130 e. The Kier molecular flexibility index (Phi) is 4.65. The Morgan fingerprint density at radius 2 is 2.12 bits per heavy atom. The SMILES string of the molecule is Oc1ccc(CCSN2CCOCC2)c(F)c1. The van der Waals surface area contributed by atoms with Gasteiger partial charge < -0.3 is 9.84 Å². The summed E-state index contributed by atoms with van der Waals surface area (Å²) in [5.74, 6) is 0.501. The lowest BCUT2D eigenvalue weighted by molar-refractivity contribution is 0.0773. The number of rotatable bonds is 4. The van der Waals surface area contributed by atoms with Crippen LogP contribution in [0.4, 0.5) is 4.39 Å². The lowest BCUT2D eigenvalue weighted by Gasteiger charge is -2.25. The van der Waals surface area contributed by atoms with Crippen LogP contribution < -0.4 is 0 Å². The number of phenolic OH excluding ortho intramolecular Hbond substituents is 1. The van der Waals surface area contributed by atoms with Gasteiger partial charge in [-0.2, -0.15) is 0 Å². The van der Waals surface area contributed by atoms with Crippen molar-refractivity contribution in [2.45, 2.75) is 6.42 Å². The van der Waals surface area contributed by atoms with Gasteiger partial charge in [0.05, 0.1) is 13.2 Å². The van der Waals surface area contributed by atoms with Gasteiger partial charge in [-0.3, -0.25) is 0 Å². The number of hydrogen-bond acceptors (Lipinski definition) is 4. The van der Waals surface area contributed by atoms with Crippen molar-refractivity contribution < 1.29 is 14.2 Å². The minimum absolute atomic E-state index is 0.0212. The van der Waals surface area contributed by atoms with Gasteiger partial charge in [-0.25, -0.2) is 8.70 Å². The Morgan fingerprint density at radius 3 is 2.82 bits per heavy atom. The monoisotopic (exact) mass is 257 g/mol. The first-order chi connectivity index (χ1) is 8.25. The van der Waals surface area contributed by atoms with Gasteiger partial charge in [-0.1, -0.05) is 18.0 Å². The van der Waals surface area contributed by atoms with Crippen LogP contribution in [0.2, 0.25) is 0 Å². The van der Waals surface area contributed by atoms with E-state index in [1.807, 2.05) is 0 Å². The molecule has 1 fully saturated rings. The maximum absolute atomic E-state index is 13.4. The van der Waals surface area contributed by atoms with Crippen molar-refractivity contribution in [3.8, 4) is 5.75 Å². The molecule has 0 unspecified atom stereocenters. The van der Waals surface area contributed by atoms with Crippen LogP contribution in [0.5, 0.6) is 5.75 Å². The number of benzene rings is 1. The molecule has 0 saturated carbocycles. The van der Waals surface area contributed by atoms with Crippen molar-refractivity contribution in [2.24, 2.45) is 0 Å². The summed E-state index contributed by atoms with van der Waals surface area (Å²) in [5, 5.41) is 9.10. The minimum Gasteiger partial charge on any atom is -0.508 e. The van der Waals surface area contributed by atoms with Gasteiger partial charge in [0, 0.05) is 24.9 Å². The van der Waals surface area contributed by atoms with Gasteiger partial charge in [0.2, 0.25) is 0 Å². The molecule has 1 aromatic rings. The Bertz CT molecular complexity index is 370. The highest BCUT2D eigenvalue weighted by Gasteiger charge is 2.11. The topological polar surface area (TPSA) is 32.7 Å². The molecule has 1 aliphatic rings. The zero-order chi connectivity index (χ0) is 12.1. The molecule has 0 spiro atoms. The molecule has 17 heavy (non-hydrogen) atoms. The molecule has 1 heterocycles. The van der Waals surface area contributed by atoms with Crippen LogP contribution in [-0.4, -0.2) is 41.5 Å². The van der Waals surface area contributed by atoms with Gasteiger partial charge >= 0.3 is 0 Å². The third-order valence-electron chi connectivity index (χ3n) is 2.65. The summed E-state index contributed by atoms with van der Waals surface area (Å²) in [4.78, 5) is 0. The molecule has 94 valence electrons. The predicted molar refractivity (Wildman–Crippen MR) is 66.6 cm³/mol. The summed E-state index contributed by atoms with van der Waals surface area (Å²) in [6, 6.07) is 4.33. The molecule has 2 rings (SSSR count). The molecule has 5 heteroatoms. The van der Waals surface area contributed by atoms with Crippen molar-refractivity contribution in [3.05, 3.63) is 29.6 Å². The number of hydrogen-bond donors (Lipinski definition) is 1. The van der Waals surface area contributed by atoms with E-state index in [2.05, 4.69) is 4.31 Å². The summed E-state index contributed by atoms with van der Waals surface area (Å²) >= 11 is 1.73. The van der Waals surface area contributed by atoms with Crippen LogP contribution in [0.1, 0.15) is 5.56 Å². The minimum atomic E-state index is -0.326. The average Bonchev–Trinajstić information content (AvgIpc) is 2.33. The van der Waals surface area contributed by atoms with Crippen molar-refractivity contribution in [1.82, 2.24) is 4.31 Å². The first-order valence-corrected chi connectivity index (χ1v) is 6.63. The lowest BCUT2D eigenvalue weighted by atomic mass is 10.1. The van der Waals surface area contributed by atoms with E-state index in [1.165, 1.54) is 6.07 Å². The van der Waals surface area contributed by atoms with E-state index < -0.39 is 0 Å². The number of ether oxygens (including phenoxy) is 1. The van der Waals surface area contributed by atoms with Gasteiger partial charge in [0.1, 0.15) is 11.6 Å². The fraction of sp³-hybridized carbons (Fsp3) is 0.500. The number of aryl methyl sites for hydroxylation is 1. The molecule has 0 radical (unpaired) electrons. The second-order valence-electron chi connectivity index (χ2n) is 3.90. The molecule has 1 aliphatic heterocycles. The van der Waals surface area contributed by atoms with Crippen molar-refractivity contribution in [3.63, 3.8) is 0 Å². The highest BCUT2D eigenvalue weighted by molar-refractivity contribution is 7.97. The average molecular weight is 257 g/mol. The van der Waals surface area contributed by atoms with Gasteiger partial charge in [-0.15, -0.1) is 0 Å². The largest absolute Gasteiger partial charge is 0.508 e. The highest BCUT2D eigenvalue weighted by Crippen LogP contribution is 2.18. The van der Waals surface area contributed by atoms with Crippen molar-refractivity contribution in [2.75, 3.05) is 32.1 Å². The van der Waals surface area contributed by atoms with E-state index in [9.17, 15) is 4.39 Å². The van der Waals surface area contributed by atoms with E-state index in [0.717, 1.165) is 38.1 Å². The van der Waals surface area contributed by atoms with Gasteiger partial charge in [-0.05, 0) is 18.1 Å². The van der Waals surface area contributed by atoms with E-state index in [-0.39, 0.29) is 11.6 Å². The fourth-order valence-corrected chi connectivity index (χ4v) is 2.68. The summed E-state index contributed by atoms with van der Waals surface area (Å²) in [7, 11) is 0. The smallest absolute Gasteiger partial charge is 0.130 e. The summed E-state index contributed by atoms with van der Waals surface area (Å²) in [6.45, 7) is 3.42.